The Balaban J connectivity index is 2.32. The van der Waals surface area contributed by atoms with Crippen LogP contribution in [0.5, 0.6) is 0 Å². The summed E-state index contributed by atoms with van der Waals surface area (Å²) in [6.07, 6.45) is 8.35. The van der Waals surface area contributed by atoms with E-state index in [1.807, 2.05) is 0 Å². The van der Waals surface area contributed by atoms with Crippen molar-refractivity contribution in [2.45, 2.75) is 76.7 Å². The first kappa shape index (κ1) is 12.9. The quantitative estimate of drug-likeness (QED) is 0.486. The van der Waals surface area contributed by atoms with E-state index < -0.39 is 12.0 Å². The number of nitrogens with one attached hydrogen (secondary N) is 1. The minimum atomic E-state index is -0.816. The zero-order valence-corrected chi connectivity index (χ0v) is 9.84. The van der Waals surface area contributed by atoms with E-state index in [2.05, 4.69) is 12.2 Å². The third-order valence-corrected chi connectivity index (χ3v) is 3.20. The number of aliphatic hydroxyl groups is 2. The Kier molecular flexibility index (Phi) is 5.58. The highest BCUT2D eigenvalue weighted by atomic mass is 16.3. The smallest absolute Gasteiger partial charge is 0.117 e. The van der Waals surface area contributed by atoms with E-state index in [0.717, 1.165) is 44.9 Å². The van der Waals surface area contributed by atoms with Crippen molar-refractivity contribution < 1.29 is 10.2 Å². The van der Waals surface area contributed by atoms with Gasteiger partial charge in [-0.1, -0.05) is 26.2 Å². The molecule has 3 heteroatoms. The van der Waals surface area contributed by atoms with Crippen LogP contribution in [-0.4, -0.2) is 22.2 Å². The van der Waals surface area contributed by atoms with Gasteiger partial charge >= 0.3 is 0 Å². The molecule has 90 valence electrons. The van der Waals surface area contributed by atoms with Crippen molar-refractivity contribution in [3.8, 4) is 0 Å². The zero-order valence-electron chi connectivity index (χ0n) is 9.84. The van der Waals surface area contributed by atoms with Crippen molar-refractivity contribution in [3.05, 3.63) is 0 Å². The molecule has 3 N–H and O–H groups in total. The number of unbranched alkanes of at least 4 members (excludes halogenated alkanes) is 1. The average molecular weight is 215 g/mol. The van der Waals surface area contributed by atoms with Crippen LogP contribution in [0, 0.1) is 0 Å². The highest BCUT2D eigenvalue weighted by Crippen LogP contribution is 2.25. The van der Waals surface area contributed by atoms with Gasteiger partial charge in [-0.05, 0) is 38.5 Å². The van der Waals surface area contributed by atoms with Gasteiger partial charge in [0, 0.05) is 0 Å². The highest BCUT2D eigenvalue weighted by Gasteiger charge is 2.29. The molecule has 1 aliphatic rings. The van der Waals surface area contributed by atoms with Crippen molar-refractivity contribution in [3.63, 3.8) is 0 Å². The van der Waals surface area contributed by atoms with Crippen molar-refractivity contribution in [2.24, 2.45) is 0 Å². The third kappa shape index (κ3) is 4.96. The largest absolute Gasteiger partial charge is 0.379 e. The lowest BCUT2D eigenvalue weighted by atomic mass is 10.0. The highest BCUT2D eigenvalue weighted by molar-refractivity contribution is 4.79. The second kappa shape index (κ2) is 6.46. The van der Waals surface area contributed by atoms with Gasteiger partial charge in [-0.3, -0.25) is 5.32 Å². The van der Waals surface area contributed by atoms with Crippen molar-refractivity contribution in [2.75, 3.05) is 0 Å². The van der Waals surface area contributed by atoms with Gasteiger partial charge in [0.25, 0.3) is 0 Å². The molecule has 0 aromatic carbocycles. The van der Waals surface area contributed by atoms with Crippen molar-refractivity contribution in [1.82, 2.24) is 5.32 Å². The van der Waals surface area contributed by atoms with Crippen LogP contribution in [-0.2, 0) is 0 Å². The van der Waals surface area contributed by atoms with Crippen LogP contribution in [0.15, 0.2) is 0 Å². The Morgan fingerprint density at radius 2 is 1.80 bits per heavy atom. The van der Waals surface area contributed by atoms with Gasteiger partial charge in [0.15, 0.2) is 0 Å². The van der Waals surface area contributed by atoms with Gasteiger partial charge in [0.05, 0.1) is 0 Å². The normalized spacial score (nSPS) is 23.4. The van der Waals surface area contributed by atoms with Gasteiger partial charge in [-0.15, -0.1) is 0 Å². The molecular weight excluding hydrogens is 190 g/mol. The maximum absolute atomic E-state index is 10.2. The van der Waals surface area contributed by atoms with E-state index >= 15 is 0 Å². The molecule has 0 aromatic heterocycles. The molecule has 1 fully saturated rings. The van der Waals surface area contributed by atoms with E-state index in [0.29, 0.717) is 0 Å². The maximum atomic E-state index is 10.2. The molecule has 1 atom stereocenters. The lowest BCUT2D eigenvalue weighted by Gasteiger charge is -2.30. The fraction of sp³-hybridized carbons (Fsp3) is 1.00. The van der Waals surface area contributed by atoms with Crippen molar-refractivity contribution >= 4 is 0 Å². The third-order valence-electron chi connectivity index (χ3n) is 3.20. The first-order valence-corrected chi connectivity index (χ1v) is 6.34. The molecule has 1 aliphatic carbocycles. The molecule has 0 spiro atoms. The molecule has 0 amide bonds. The summed E-state index contributed by atoms with van der Waals surface area (Å²) < 4.78 is 0. The van der Waals surface area contributed by atoms with E-state index in [-0.39, 0.29) is 0 Å². The Morgan fingerprint density at radius 1 is 1.20 bits per heavy atom. The molecule has 3 nitrogen and oxygen atoms in total. The molecule has 0 aromatic rings. The molecule has 0 radical (unpaired) electrons. The van der Waals surface area contributed by atoms with Crippen LogP contribution in [0.3, 0.4) is 0 Å². The van der Waals surface area contributed by atoms with E-state index in [4.69, 9.17) is 0 Å². The summed E-state index contributed by atoms with van der Waals surface area (Å²) >= 11 is 0. The first-order chi connectivity index (χ1) is 7.16. The second-order valence-electron chi connectivity index (χ2n) is 4.75. The van der Waals surface area contributed by atoms with Gasteiger partial charge in [-0.25, -0.2) is 0 Å². The van der Waals surface area contributed by atoms with Gasteiger partial charge in [0.2, 0.25) is 0 Å². The standard InChI is InChI=1S/C12H25NO2/c1-2-3-8-11(14)13-12(15)9-6-4-5-7-10-12/h11,13-15H,2-10H2,1H3. The van der Waals surface area contributed by atoms with Gasteiger partial charge < -0.3 is 10.2 Å². The Bertz CT molecular complexity index is 165. The van der Waals surface area contributed by atoms with Crippen LogP contribution in [0.1, 0.15) is 64.7 Å². The number of hydrogen-bond acceptors (Lipinski definition) is 3. The van der Waals surface area contributed by atoms with Crippen LogP contribution in [0.4, 0.5) is 0 Å². The Hall–Kier alpha value is -0.120. The van der Waals surface area contributed by atoms with Crippen molar-refractivity contribution in [1.29, 1.82) is 0 Å². The topological polar surface area (TPSA) is 52.5 Å². The second-order valence-corrected chi connectivity index (χ2v) is 4.75. The minimum absolute atomic E-state index is 0.548. The SMILES string of the molecule is CCCCC(O)NC1(O)CCCCCC1. The molecule has 1 unspecified atom stereocenters. The van der Waals surface area contributed by atoms with Crippen LogP contribution >= 0.6 is 0 Å². The van der Waals surface area contributed by atoms with Crippen LogP contribution in [0.25, 0.3) is 0 Å². The molecule has 0 aliphatic heterocycles. The summed E-state index contributed by atoms with van der Waals surface area (Å²) in [5, 5.41) is 22.9. The van der Waals surface area contributed by atoms with E-state index in [9.17, 15) is 10.2 Å². The van der Waals surface area contributed by atoms with Gasteiger partial charge in [-0.2, -0.15) is 0 Å². The first-order valence-electron chi connectivity index (χ1n) is 6.34. The average Bonchev–Trinajstić information content (AvgIpc) is 2.40. The predicted molar refractivity (Wildman–Crippen MR) is 61.3 cm³/mol. The molecule has 0 bridgehead atoms. The summed E-state index contributed by atoms with van der Waals surface area (Å²) in [4.78, 5) is 0. The number of aliphatic hydroxyl groups excluding tert-OH is 1. The maximum Gasteiger partial charge on any atom is 0.117 e. The van der Waals surface area contributed by atoms with Crippen LogP contribution in [0.2, 0.25) is 0 Å². The lowest BCUT2D eigenvalue weighted by molar-refractivity contribution is -0.0591. The number of hydrogen-bond donors (Lipinski definition) is 3. The Labute approximate surface area is 92.9 Å². The molecule has 1 saturated carbocycles. The monoisotopic (exact) mass is 215 g/mol. The molecular formula is C12H25NO2. The summed E-state index contributed by atoms with van der Waals surface area (Å²) in [5.74, 6) is 0. The number of rotatable bonds is 5. The van der Waals surface area contributed by atoms with Gasteiger partial charge in [0.1, 0.15) is 12.0 Å². The minimum Gasteiger partial charge on any atom is -0.379 e. The summed E-state index contributed by atoms with van der Waals surface area (Å²) in [5.41, 5.74) is -0.816. The molecule has 0 heterocycles. The zero-order chi connectivity index (χ0) is 11.1. The predicted octanol–water partition coefficient (Wildman–Crippen LogP) is 2.13. The lowest BCUT2D eigenvalue weighted by Crippen LogP contribution is -2.50. The summed E-state index contributed by atoms with van der Waals surface area (Å²) in [6, 6.07) is 0. The van der Waals surface area contributed by atoms with E-state index in [1.165, 1.54) is 12.8 Å². The summed E-state index contributed by atoms with van der Waals surface area (Å²) in [7, 11) is 0. The fourth-order valence-corrected chi connectivity index (χ4v) is 2.24. The molecule has 0 saturated heterocycles. The van der Waals surface area contributed by atoms with Crippen LogP contribution < -0.4 is 5.32 Å². The Morgan fingerprint density at radius 3 is 2.33 bits per heavy atom. The molecule has 15 heavy (non-hydrogen) atoms. The summed E-state index contributed by atoms with van der Waals surface area (Å²) in [6.45, 7) is 2.10. The van der Waals surface area contributed by atoms with E-state index in [1.54, 1.807) is 0 Å². The molecule has 1 rings (SSSR count). The fourth-order valence-electron chi connectivity index (χ4n) is 2.24.